The standard InChI is InChI=1S/C19H32N4O3/c1-6-12(4)13(5)22(14-7-8-14)10-15(24)16-17(20)23(9-11(2)3)19(26)21-18(16)25/h11-14H,6-10,20H2,1-5H3,(H,21,25,26). The van der Waals surface area contributed by atoms with Crippen LogP contribution in [0.3, 0.4) is 0 Å². The topological polar surface area (TPSA) is 101 Å². The second-order valence-electron chi connectivity index (χ2n) is 7.98. The number of carbonyl (C=O) groups excluding carboxylic acids is 1. The summed E-state index contributed by atoms with van der Waals surface area (Å²) in [5.41, 5.74) is 4.72. The molecular formula is C19H32N4O3. The number of aromatic nitrogens is 2. The Balaban J connectivity index is 2.33. The number of nitrogen functional groups attached to an aromatic ring is 1. The molecule has 7 heteroatoms. The highest BCUT2D eigenvalue weighted by molar-refractivity contribution is 6.01. The van der Waals surface area contributed by atoms with Gasteiger partial charge in [0, 0.05) is 18.6 Å². The highest BCUT2D eigenvalue weighted by Gasteiger charge is 2.36. The van der Waals surface area contributed by atoms with Gasteiger partial charge in [-0.3, -0.25) is 24.0 Å². The first-order chi connectivity index (χ1) is 12.2. The monoisotopic (exact) mass is 364 g/mol. The Morgan fingerprint density at radius 1 is 1.27 bits per heavy atom. The average Bonchev–Trinajstić information content (AvgIpc) is 3.39. The lowest BCUT2D eigenvalue weighted by molar-refractivity contribution is 0.0843. The molecule has 0 saturated heterocycles. The van der Waals surface area contributed by atoms with E-state index in [1.165, 1.54) is 4.57 Å². The first kappa shape index (κ1) is 20.4. The molecule has 0 bridgehead atoms. The molecule has 26 heavy (non-hydrogen) atoms. The zero-order chi connectivity index (χ0) is 19.6. The van der Waals surface area contributed by atoms with Crippen molar-refractivity contribution in [2.75, 3.05) is 12.3 Å². The summed E-state index contributed by atoms with van der Waals surface area (Å²) >= 11 is 0. The van der Waals surface area contributed by atoms with Gasteiger partial charge in [0.1, 0.15) is 11.4 Å². The van der Waals surface area contributed by atoms with Crippen LogP contribution in [0.4, 0.5) is 5.82 Å². The van der Waals surface area contributed by atoms with E-state index >= 15 is 0 Å². The van der Waals surface area contributed by atoms with Crippen molar-refractivity contribution in [1.29, 1.82) is 0 Å². The minimum Gasteiger partial charge on any atom is -0.384 e. The third-order valence-electron chi connectivity index (χ3n) is 5.40. The van der Waals surface area contributed by atoms with E-state index in [0.717, 1.165) is 19.3 Å². The maximum Gasteiger partial charge on any atom is 0.329 e. The highest BCUT2D eigenvalue weighted by atomic mass is 16.2. The molecule has 1 aliphatic rings. The average molecular weight is 364 g/mol. The van der Waals surface area contributed by atoms with Gasteiger partial charge in [0.2, 0.25) is 0 Å². The molecule has 1 saturated carbocycles. The Morgan fingerprint density at radius 2 is 1.88 bits per heavy atom. The van der Waals surface area contributed by atoms with Gasteiger partial charge >= 0.3 is 5.69 Å². The molecule has 0 radical (unpaired) electrons. The van der Waals surface area contributed by atoms with Crippen LogP contribution in [-0.4, -0.2) is 38.9 Å². The number of carbonyl (C=O) groups is 1. The van der Waals surface area contributed by atoms with E-state index < -0.39 is 11.2 Å². The third kappa shape index (κ3) is 4.44. The smallest absolute Gasteiger partial charge is 0.329 e. The van der Waals surface area contributed by atoms with E-state index in [2.05, 4.69) is 30.7 Å². The van der Waals surface area contributed by atoms with Crippen LogP contribution in [0.1, 0.15) is 64.2 Å². The molecule has 3 N–H and O–H groups in total. The molecule has 1 aromatic rings. The molecule has 0 spiro atoms. The normalized spacial score (nSPS) is 16.9. The molecule has 0 aliphatic heterocycles. The molecule has 7 nitrogen and oxygen atoms in total. The summed E-state index contributed by atoms with van der Waals surface area (Å²) in [5.74, 6) is 0.277. The number of hydrogen-bond donors (Lipinski definition) is 2. The van der Waals surface area contributed by atoms with Crippen molar-refractivity contribution < 1.29 is 4.79 Å². The van der Waals surface area contributed by atoms with Crippen LogP contribution in [0.5, 0.6) is 0 Å². The van der Waals surface area contributed by atoms with Crippen molar-refractivity contribution in [3.63, 3.8) is 0 Å². The van der Waals surface area contributed by atoms with Gasteiger partial charge in [-0.2, -0.15) is 0 Å². The molecule has 0 aromatic carbocycles. The van der Waals surface area contributed by atoms with Gasteiger partial charge in [0.15, 0.2) is 5.78 Å². The van der Waals surface area contributed by atoms with Crippen LogP contribution in [0.25, 0.3) is 0 Å². The lowest BCUT2D eigenvalue weighted by Gasteiger charge is -2.32. The largest absolute Gasteiger partial charge is 0.384 e. The fourth-order valence-corrected chi connectivity index (χ4v) is 3.33. The van der Waals surface area contributed by atoms with Crippen LogP contribution in [0.15, 0.2) is 9.59 Å². The van der Waals surface area contributed by atoms with Gasteiger partial charge in [-0.15, -0.1) is 0 Å². The van der Waals surface area contributed by atoms with E-state index in [4.69, 9.17) is 5.73 Å². The van der Waals surface area contributed by atoms with E-state index in [0.29, 0.717) is 18.5 Å². The van der Waals surface area contributed by atoms with E-state index in [-0.39, 0.29) is 35.7 Å². The number of anilines is 1. The molecule has 2 atom stereocenters. The van der Waals surface area contributed by atoms with Crippen molar-refractivity contribution in [2.24, 2.45) is 11.8 Å². The Kier molecular flexibility index (Phi) is 6.44. The highest BCUT2D eigenvalue weighted by Crippen LogP contribution is 2.31. The van der Waals surface area contributed by atoms with Crippen LogP contribution in [-0.2, 0) is 6.54 Å². The number of aromatic amines is 1. The van der Waals surface area contributed by atoms with Gasteiger partial charge in [0.25, 0.3) is 5.56 Å². The van der Waals surface area contributed by atoms with E-state index in [1.807, 2.05) is 13.8 Å². The third-order valence-corrected chi connectivity index (χ3v) is 5.40. The first-order valence-electron chi connectivity index (χ1n) is 9.58. The number of nitrogens with one attached hydrogen (secondary N) is 1. The minimum atomic E-state index is -0.690. The summed E-state index contributed by atoms with van der Waals surface area (Å²) in [6.07, 6.45) is 3.18. The second kappa shape index (κ2) is 8.20. The second-order valence-corrected chi connectivity index (χ2v) is 7.98. The number of nitrogens with zero attached hydrogens (tertiary/aromatic N) is 2. The Bertz CT molecular complexity index is 761. The summed E-state index contributed by atoms with van der Waals surface area (Å²) in [4.78, 5) is 41.7. The van der Waals surface area contributed by atoms with Crippen LogP contribution in [0, 0.1) is 11.8 Å². The fraction of sp³-hybridized carbons (Fsp3) is 0.737. The molecule has 1 fully saturated rings. The predicted octanol–water partition coefficient (Wildman–Crippen LogP) is 1.86. The molecule has 2 rings (SSSR count). The predicted molar refractivity (Wildman–Crippen MR) is 104 cm³/mol. The summed E-state index contributed by atoms with van der Waals surface area (Å²) < 4.78 is 1.29. The lowest BCUT2D eigenvalue weighted by Crippen LogP contribution is -2.44. The lowest BCUT2D eigenvalue weighted by atomic mass is 9.98. The maximum absolute atomic E-state index is 12.9. The summed E-state index contributed by atoms with van der Waals surface area (Å²) in [6, 6.07) is 0.642. The molecule has 1 aliphatic carbocycles. The van der Waals surface area contributed by atoms with Crippen molar-refractivity contribution >= 4 is 11.6 Å². The van der Waals surface area contributed by atoms with Gasteiger partial charge in [-0.25, -0.2) is 4.79 Å². The van der Waals surface area contributed by atoms with Crippen molar-refractivity contribution in [2.45, 2.75) is 72.5 Å². The molecule has 1 heterocycles. The van der Waals surface area contributed by atoms with Gasteiger partial charge in [-0.05, 0) is 31.6 Å². The van der Waals surface area contributed by atoms with Gasteiger partial charge in [0.05, 0.1) is 6.54 Å². The number of Topliss-reactive ketones (excluding diaryl/α,β-unsaturated/α-hetero) is 1. The maximum atomic E-state index is 12.9. The minimum absolute atomic E-state index is 0.0237. The van der Waals surface area contributed by atoms with Gasteiger partial charge < -0.3 is 5.73 Å². The molecule has 0 amide bonds. The van der Waals surface area contributed by atoms with E-state index in [1.54, 1.807) is 0 Å². The summed E-state index contributed by atoms with van der Waals surface area (Å²) in [6.45, 7) is 10.9. The number of H-pyrrole nitrogens is 1. The number of nitrogens with two attached hydrogens (primary N) is 1. The summed E-state index contributed by atoms with van der Waals surface area (Å²) in [7, 11) is 0. The fourth-order valence-electron chi connectivity index (χ4n) is 3.33. The molecule has 1 aromatic heterocycles. The van der Waals surface area contributed by atoms with E-state index in [9.17, 15) is 14.4 Å². The molecule has 146 valence electrons. The zero-order valence-electron chi connectivity index (χ0n) is 16.5. The van der Waals surface area contributed by atoms with Crippen LogP contribution < -0.4 is 17.0 Å². The SMILES string of the molecule is CCC(C)C(C)N(CC(=O)c1c(N)n(CC(C)C)c(=O)[nH]c1=O)C1CC1. The zero-order valence-corrected chi connectivity index (χ0v) is 16.5. The Hall–Kier alpha value is -1.89. The quantitative estimate of drug-likeness (QED) is 0.651. The molecular weight excluding hydrogens is 332 g/mol. The number of hydrogen-bond acceptors (Lipinski definition) is 5. The van der Waals surface area contributed by atoms with Crippen LogP contribution in [0.2, 0.25) is 0 Å². The Morgan fingerprint density at radius 3 is 2.38 bits per heavy atom. The van der Waals surface area contributed by atoms with Crippen molar-refractivity contribution in [3.05, 3.63) is 26.4 Å². The van der Waals surface area contributed by atoms with Crippen LogP contribution >= 0.6 is 0 Å². The number of ketones is 1. The van der Waals surface area contributed by atoms with Gasteiger partial charge in [-0.1, -0.05) is 34.1 Å². The number of rotatable bonds is 9. The van der Waals surface area contributed by atoms with Crippen molar-refractivity contribution in [3.8, 4) is 0 Å². The Labute approximate surface area is 154 Å². The van der Waals surface area contributed by atoms with Crippen molar-refractivity contribution in [1.82, 2.24) is 14.5 Å². The summed E-state index contributed by atoms with van der Waals surface area (Å²) in [5, 5.41) is 0. The first-order valence-corrected chi connectivity index (χ1v) is 9.58. The molecule has 2 unspecified atom stereocenters.